The number of nitrogens with zero attached hydrogens (tertiary/aromatic N) is 4. The minimum Gasteiger partial charge on any atom is -0.480 e. The van der Waals surface area contributed by atoms with Crippen LogP contribution in [0.3, 0.4) is 0 Å². The monoisotopic (exact) mass is 318 g/mol. The van der Waals surface area contributed by atoms with Crippen LogP contribution in [0, 0.1) is 0 Å². The van der Waals surface area contributed by atoms with Gasteiger partial charge in [-0.25, -0.2) is 15.0 Å². The van der Waals surface area contributed by atoms with Crippen molar-refractivity contribution in [2.45, 2.75) is 6.18 Å². The zero-order valence-corrected chi connectivity index (χ0v) is 11.4. The Balaban J connectivity index is 2.50. The lowest BCUT2D eigenvalue weighted by Crippen LogP contribution is -2.28. The molecule has 0 saturated carbocycles. The van der Waals surface area contributed by atoms with E-state index in [-0.39, 0.29) is 11.6 Å². The predicted molar refractivity (Wildman–Crippen MR) is 69.0 cm³/mol. The largest absolute Gasteiger partial charge is 0.480 e. The molecule has 2 heterocycles. The van der Waals surface area contributed by atoms with Gasteiger partial charge >= 0.3 is 12.1 Å². The van der Waals surface area contributed by atoms with Crippen LogP contribution in [-0.2, 0) is 11.0 Å². The summed E-state index contributed by atoms with van der Waals surface area (Å²) in [6.07, 6.45) is -3.22. The average molecular weight is 318 g/mol. The Bertz CT molecular complexity index is 645. The van der Waals surface area contributed by atoms with Gasteiger partial charge in [0.15, 0.2) is 5.69 Å². The lowest BCUT2D eigenvalue weighted by atomic mass is 10.3. The Morgan fingerprint density at radius 1 is 1.43 bits per heavy atom. The molecule has 2 aromatic rings. The van der Waals surface area contributed by atoms with Crippen molar-refractivity contribution < 1.29 is 23.1 Å². The van der Waals surface area contributed by atoms with Gasteiger partial charge in [0.25, 0.3) is 0 Å². The minimum atomic E-state index is -4.66. The standard InChI is InChI=1S/C11H9F3N4O2S/c1-18(5-8(19)20)10-16-6(9-15-2-3-21-9)4-7(17-10)11(12,13)14/h2-4H,5H2,1H3,(H,19,20). The zero-order valence-electron chi connectivity index (χ0n) is 10.6. The summed E-state index contributed by atoms with van der Waals surface area (Å²) in [7, 11) is 1.30. The number of anilines is 1. The molecule has 0 aliphatic heterocycles. The SMILES string of the molecule is CN(CC(=O)O)c1nc(-c2nccs2)cc(C(F)(F)F)n1. The van der Waals surface area contributed by atoms with Crippen molar-refractivity contribution in [1.29, 1.82) is 0 Å². The summed E-state index contributed by atoms with van der Waals surface area (Å²) in [6.45, 7) is -0.515. The number of carboxylic acid groups (broad SMARTS) is 1. The highest BCUT2D eigenvalue weighted by Gasteiger charge is 2.34. The molecule has 2 rings (SSSR count). The molecule has 6 nitrogen and oxygen atoms in total. The van der Waals surface area contributed by atoms with Crippen LogP contribution in [0.2, 0.25) is 0 Å². The molecule has 0 aliphatic rings. The number of rotatable bonds is 4. The third-order valence-corrected chi connectivity index (χ3v) is 3.17. The first-order valence-electron chi connectivity index (χ1n) is 5.56. The molecule has 112 valence electrons. The molecule has 21 heavy (non-hydrogen) atoms. The fourth-order valence-corrected chi connectivity index (χ4v) is 2.08. The highest BCUT2D eigenvalue weighted by atomic mass is 32.1. The highest BCUT2D eigenvalue weighted by molar-refractivity contribution is 7.13. The van der Waals surface area contributed by atoms with E-state index in [0.717, 1.165) is 22.3 Å². The lowest BCUT2D eigenvalue weighted by Gasteiger charge is -2.16. The second-order valence-electron chi connectivity index (χ2n) is 4.02. The van der Waals surface area contributed by atoms with Crippen molar-refractivity contribution in [3.8, 4) is 10.7 Å². The van der Waals surface area contributed by atoms with Gasteiger partial charge in [-0.05, 0) is 6.07 Å². The fraction of sp³-hybridized carbons (Fsp3) is 0.273. The van der Waals surface area contributed by atoms with E-state index in [9.17, 15) is 18.0 Å². The Hall–Kier alpha value is -2.23. The maximum atomic E-state index is 12.9. The summed E-state index contributed by atoms with van der Waals surface area (Å²) >= 11 is 1.13. The molecule has 0 aromatic carbocycles. The van der Waals surface area contributed by atoms with Crippen LogP contribution in [0.15, 0.2) is 17.6 Å². The number of likely N-dealkylation sites (N-methyl/N-ethyl adjacent to an activating group) is 1. The quantitative estimate of drug-likeness (QED) is 0.930. The predicted octanol–water partition coefficient (Wildman–Crippen LogP) is 2.14. The van der Waals surface area contributed by atoms with Gasteiger partial charge in [0.1, 0.15) is 17.2 Å². The van der Waals surface area contributed by atoms with Crippen molar-refractivity contribution in [3.63, 3.8) is 0 Å². The molecule has 0 amide bonds. The highest BCUT2D eigenvalue weighted by Crippen LogP contribution is 2.32. The van der Waals surface area contributed by atoms with Crippen molar-refractivity contribution in [1.82, 2.24) is 15.0 Å². The Morgan fingerprint density at radius 3 is 2.67 bits per heavy atom. The van der Waals surface area contributed by atoms with E-state index in [1.165, 1.54) is 13.2 Å². The summed E-state index contributed by atoms with van der Waals surface area (Å²) in [4.78, 5) is 22.9. The molecular weight excluding hydrogens is 309 g/mol. The van der Waals surface area contributed by atoms with Crippen LogP contribution >= 0.6 is 11.3 Å². The van der Waals surface area contributed by atoms with Gasteiger partial charge in [0, 0.05) is 18.6 Å². The Labute approximate surface area is 120 Å². The molecule has 0 radical (unpaired) electrons. The number of alkyl halides is 3. The lowest BCUT2D eigenvalue weighted by molar-refractivity contribution is -0.141. The number of hydrogen-bond donors (Lipinski definition) is 1. The van der Waals surface area contributed by atoms with Gasteiger partial charge in [0.05, 0.1) is 0 Å². The van der Waals surface area contributed by atoms with Crippen molar-refractivity contribution in [3.05, 3.63) is 23.3 Å². The average Bonchev–Trinajstić information content (AvgIpc) is 2.90. The molecule has 0 unspecified atom stereocenters. The van der Waals surface area contributed by atoms with Crippen LogP contribution < -0.4 is 4.90 Å². The normalized spacial score (nSPS) is 11.4. The number of aromatic nitrogens is 3. The number of carbonyl (C=O) groups is 1. The summed E-state index contributed by atoms with van der Waals surface area (Å²) in [6, 6.07) is 0.789. The topological polar surface area (TPSA) is 79.2 Å². The number of hydrogen-bond acceptors (Lipinski definition) is 6. The number of thiazole rings is 1. The van der Waals surface area contributed by atoms with Crippen LogP contribution in [0.25, 0.3) is 10.7 Å². The molecule has 2 aromatic heterocycles. The first-order chi connectivity index (χ1) is 9.77. The second kappa shape index (κ2) is 5.64. The number of aliphatic carboxylic acids is 1. The van der Waals surface area contributed by atoms with Gasteiger partial charge in [-0.1, -0.05) is 0 Å². The smallest absolute Gasteiger partial charge is 0.433 e. The molecule has 0 aliphatic carbocycles. The van der Waals surface area contributed by atoms with E-state index in [4.69, 9.17) is 5.11 Å². The molecule has 0 bridgehead atoms. The maximum absolute atomic E-state index is 12.9. The van der Waals surface area contributed by atoms with Crippen molar-refractivity contribution in [2.24, 2.45) is 0 Å². The van der Waals surface area contributed by atoms with Gasteiger partial charge in [-0.3, -0.25) is 4.79 Å². The zero-order chi connectivity index (χ0) is 15.6. The number of halogens is 3. The molecule has 0 spiro atoms. The molecule has 0 fully saturated rings. The molecule has 10 heteroatoms. The molecule has 0 atom stereocenters. The van der Waals surface area contributed by atoms with E-state index in [1.54, 1.807) is 5.38 Å². The van der Waals surface area contributed by atoms with Gasteiger partial charge in [0.2, 0.25) is 5.95 Å². The van der Waals surface area contributed by atoms with Crippen molar-refractivity contribution >= 4 is 23.3 Å². The third kappa shape index (κ3) is 3.66. The molecular formula is C11H9F3N4O2S. The first-order valence-corrected chi connectivity index (χ1v) is 6.44. The van der Waals surface area contributed by atoms with Gasteiger partial charge in [-0.15, -0.1) is 11.3 Å². The minimum absolute atomic E-state index is 0.000404. The Kier molecular flexibility index (Phi) is 4.07. The van der Waals surface area contributed by atoms with E-state index >= 15 is 0 Å². The first kappa shape index (κ1) is 15.2. The van der Waals surface area contributed by atoms with E-state index < -0.39 is 24.4 Å². The summed E-state index contributed by atoms with van der Waals surface area (Å²) in [5.41, 5.74) is -1.14. The summed E-state index contributed by atoms with van der Waals surface area (Å²) in [5, 5.41) is 10.6. The van der Waals surface area contributed by atoms with Crippen LogP contribution in [0.1, 0.15) is 5.69 Å². The maximum Gasteiger partial charge on any atom is 0.433 e. The number of carboxylic acids is 1. The summed E-state index contributed by atoms with van der Waals surface area (Å²) in [5.74, 6) is -1.52. The van der Waals surface area contributed by atoms with E-state index in [1.807, 2.05) is 0 Å². The van der Waals surface area contributed by atoms with Crippen LogP contribution in [0.4, 0.5) is 19.1 Å². The Morgan fingerprint density at radius 2 is 2.14 bits per heavy atom. The van der Waals surface area contributed by atoms with Crippen molar-refractivity contribution in [2.75, 3.05) is 18.5 Å². The van der Waals surface area contributed by atoms with Crippen LogP contribution in [-0.4, -0.2) is 39.6 Å². The van der Waals surface area contributed by atoms with Gasteiger partial charge in [-0.2, -0.15) is 13.2 Å². The second-order valence-corrected chi connectivity index (χ2v) is 4.92. The van der Waals surface area contributed by atoms with Crippen LogP contribution in [0.5, 0.6) is 0 Å². The fourth-order valence-electron chi connectivity index (χ4n) is 1.48. The third-order valence-electron chi connectivity index (χ3n) is 2.37. The molecule has 1 N–H and O–H groups in total. The summed E-state index contributed by atoms with van der Waals surface area (Å²) < 4.78 is 38.6. The molecule has 0 saturated heterocycles. The van der Waals surface area contributed by atoms with Gasteiger partial charge < -0.3 is 10.0 Å². The van der Waals surface area contributed by atoms with E-state index in [2.05, 4.69) is 15.0 Å². The van der Waals surface area contributed by atoms with E-state index in [0.29, 0.717) is 5.01 Å².